The molecule has 1 N–H and O–H groups in total. The molecule has 1 aliphatic rings. The molecule has 2 aromatic carbocycles. The van der Waals surface area contributed by atoms with E-state index in [0.717, 1.165) is 25.3 Å². The Hall–Kier alpha value is -2.85. The number of fused-ring (bicyclic) bond motifs is 1. The fraction of sp³-hybridized carbons (Fsp3) is 0.227. The van der Waals surface area contributed by atoms with Gasteiger partial charge in [0.1, 0.15) is 0 Å². The molecule has 0 aliphatic carbocycles. The summed E-state index contributed by atoms with van der Waals surface area (Å²) in [5.41, 5.74) is 3.42. The van der Waals surface area contributed by atoms with E-state index in [4.69, 9.17) is 0 Å². The summed E-state index contributed by atoms with van der Waals surface area (Å²) in [6.45, 7) is 2.65. The van der Waals surface area contributed by atoms with Crippen LogP contribution in [0.2, 0.25) is 0 Å². The van der Waals surface area contributed by atoms with E-state index in [1.54, 1.807) is 0 Å². The second-order valence-corrected chi connectivity index (χ2v) is 6.64. The number of para-hydroxylation sites is 1. The Bertz CT molecular complexity index is 857. The molecule has 4 rings (SSSR count). The number of hydrogen-bond donors (Lipinski definition) is 1. The lowest BCUT2D eigenvalue weighted by atomic mass is 10.00. The molecular weight excluding hydrogens is 322 g/mol. The minimum Gasteiger partial charge on any atom is -0.348 e. The fourth-order valence-electron chi connectivity index (χ4n) is 3.68. The van der Waals surface area contributed by atoms with Crippen molar-refractivity contribution in [3.8, 4) is 0 Å². The summed E-state index contributed by atoms with van der Waals surface area (Å²) in [7, 11) is 0. The average molecular weight is 345 g/mol. The second kappa shape index (κ2) is 7.58. The quantitative estimate of drug-likeness (QED) is 0.761. The van der Waals surface area contributed by atoms with Crippen LogP contribution < -0.4 is 5.32 Å². The van der Waals surface area contributed by atoms with Gasteiger partial charge in [0.05, 0.1) is 6.04 Å². The molecule has 0 saturated carbocycles. The molecule has 4 nitrogen and oxygen atoms in total. The highest BCUT2D eigenvalue weighted by atomic mass is 16.1. The minimum absolute atomic E-state index is 0.0592. The lowest BCUT2D eigenvalue weighted by Gasteiger charge is -2.37. The third-order valence-corrected chi connectivity index (χ3v) is 4.94. The highest BCUT2D eigenvalue weighted by molar-refractivity contribution is 5.90. The van der Waals surface area contributed by atoms with E-state index in [-0.39, 0.29) is 11.9 Å². The summed E-state index contributed by atoms with van der Waals surface area (Å²) < 4.78 is 2.32. The third-order valence-electron chi connectivity index (χ3n) is 4.94. The van der Waals surface area contributed by atoms with Gasteiger partial charge in [0, 0.05) is 43.6 Å². The Labute approximate surface area is 154 Å². The van der Waals surface area contributed by atoms with Gasteiger partial charge in [-0.2, -0.15) is 0 Å². The molecule has 132 valence electrons. The molecule has 4 heteroatoms. The number of carbonyl (C=O) groups excluding carboxylic acids is 1. The zero-order valence-electron chi connectivity index (χ0n) is 14.7. The van der Waals surface area contributed by atoms with Gasteiger partial charge in [0.2, 0.25) is 5.91 Å². The summed E-state index contributed by atoms with van der Waals surface area (Å²) in [4.78, 5) is 14.8. The van der Waals surface area contributed by atoms with Crippen molar-refractivity contribution in [3.05, 3.63) is 90.3 Å². The Balaban J connectivity index is 1.47. The predicted octanol–water partition coefficient (Wildman–Crippen LogP) is 3.92. The van der Waals surface area contributed by atoms with Crippen molar-refractivity contribution in [3.63, 3.8) is 0 Å². The van der Waals surface area contributed by atoms with Crippen LogP contribution in [0.3, 0.4) is 0 Å². The van der Waals surface area contributed by atoms with Crippen LogP contribution in [-0.2, 0) is 11.3 Å². The average Bonchev–Trinajstić information content (AvgIpc) is 3.16. The van der Waals surface area contributed by atoms with Crippen LogP contribution in [0.5, 0.6) is 0 Å². The van der Waals surface area contributed by atoms with Crippen LogP contribution in [0.4, 0.5) is 5.69 Å². The Morgan fingerprint density at radius 2 is 1.65 bits per heavy atom. The molecule has 1 atom stereocenters. The predicted molar refractivity (Wildman–Crippen MR) is 104 cm³/mol. The molecule has 3 aromatic rings. The van der Waals surface area contributed by atoms with E-state index in [9.17, 15) is 4.79 Å². The molecular formula is C22H23N3O. The molecule has 0 fully saturated rings. The summed E-state index contributed by atoms with van der Waals surface area (Å²) in [6.07, 6.45) is 2.63. The van der Waals surface area contributed by atoms with Crippen LogP contribution in [0.25, 0.3) is 0 Å². The van der Waals surface area contributed by atoms with E-state index < -0.39 is 0 Å². The van der Waals surface area contributed by atoms with Crippen LogP contribution >= 0.6 is 0 Å². The molecule has 26 heavy (non-hydrogen) atoms. The number of benzene rings is 2. The molecule has 2 heterocycles. The molecule has 0 unspecified atom stereocenters. The maximum Gasteiger partial charge on any atom is 0.225 e. The number of hydrogen-bond acceptors (Lipinski definition) is 2. The smallest absolute Gasteiger partial charge is 0.225 e. The summed E-state index contributed by atoms with van der Waals surface area (Å²) >= 11 is 0. The monoisotopic (exact) mass is 345 g/mol. The zero-order valence-corrected chi connectivity index (χ0v) is 14.7. The standard InChI is InChI=1S/C22H23N3O/c26-21(23-19-10-5-2-6-11-19)13-15-25-17-16-24-14-7-12-20(24)22(25)18-8-3-1-4-9-18/h1-12,14,22H,13,15-17H2,(H,23,26)/t22-/m0/s1. The van der Waals surface area contributed by atoms with Crippen molar-refractivity contribution >= 4 is 11.6 Å². The Morgan fingerprint density at radius 1 is 0.923 bits per heavy atom. The van der Waals surface area contributed by atoms with Gasteiger partial charge < -0.3 is 9.88 Å². The van der Waals surface area contributed by atoms with E-state index >= 15 is 0 Å². The highest BCUT2D eigenvalue weighted by Gasteiger charge is 2.28. The Morgan fingerprint density at radius 3 is 2.42 bits per heavy atom. The Kier molecular flexibility index (Phi) is 4.84. The van der Waals surface area contributed by atoms with Gasteiger partial charge in [-0.05, 0) is 29.8 Å². The third kappa shape index (κ3) is 3.55. The number of anilines is 1. The topological polar surface area (TPSA) is 37.3 Å². The van der Waals surface area contributed by atoms with Gasteiger partial charge >= 0.3 is 0 Å². The number of nitrogens with one attached hydrogen (secondary N) is 1. The zero-order chi connectivity index (χ0) is 17.8. The van der Waals surface area contributed by atoms with E-state index in [2.05, 4.69) is 57.4 Å². The first kappa shape index (κ1) is 16.6. The van der Waals surface area contributed by atoms with Crippen molar-refractivity contribution in [2.75, 3.05) is 18.4 Å². The first-order valence-electron chi connectivity index (χ1n) is 9.10. The molecule has 1 aliphatic heterocycles. The van der Waals surface area contributed by atoms with Crippen molar-refractivity contribution in [1.29, 1.82) is 0 Å². The molecule has 0 saturated heterocycles. The first-order chi connectivity index (χ1) is 12.8. The van der Waals surface area contributed by atoms with Gasteiger partial charge in [-0.3, -0.25) is 9.69 Å². The summed E-state index contributed by atoms with van der Waals surface area (Å²) in [5.74, 6) is 0.0592. The number of aromatic nitrogens is 1. The van der Waals surface area contributed by atoms with Crippen LogP contribution in [0, 0.1) is 0 Å². The van der Waals surface area contributed by atoms with Crippen molar-refractivity contribution in [2.45, 2.75) is 19.0 Å². The van der Waals surface area contributed by atoms with Gasteiger partial charge in [-0.15, -0.1) is 0 Å². The molecule has 0 radical (unpaired) electrons. The molecule has 0 spiro atoms. The molecule has 1 amide bonds. The normalized spacial score (nSPS) is 16.8. The fourth-order valence-corrected chi connectivity index (χ4v) is 3.68. The lowest BCUT2D eigenvalue weighted by molar-refractivity contribution is -0.116. The van der Waals surface area contributed by atoms with E-state index in [1.807, 2.05) is 36.4 Å². The maximum atomic E-state index is 12.4. The van der Waals surface area contributed by atoms with Gasteiger partial charge in [-0.25, -0.2) is 0 Å². The number of amides is 1. The van der Waals surface area contributed by atoms with E-state index in [0.29, 0.717) is 6.42 Å². The van der Waals surface area contributed by atoms with Crippen LogP contribution in [0.1, 0.15) is 23.7 Å². The lowest BCUT2D eigenvalue weighted by Crippen LogP contribution is -2.39. The van der Waals surface area contributed by atoms with Gasteiger partial charge in [0.15, 0.2) is 0 Å². The first-order valence-corrected chi connectivity index (χ1v) is 9.10. The van der Waals surface area contributed by atoms with Crippen molar-refractivity contribution in [2.24, 2.45) is 0 Å². The number of rotatable bonds is 5. The maximum absolute atomic E-state index is 12.4. The van der Waals surface area contributed by atoms with Gasteiger partial charge in [-0.1, -0.05) is 48.5 Å². The van der Waals surface area contributed by atoms with Crippen LogP contribution in [0.15, 0.2) is 79.0 Å². The number of nitrogens with zero attached hydrogens (tertiary/aromatic N) is 2. The van der Waals surface area contributed by atoms with Crippen LogP contribution in [-0.4, -0.2) is 28.5 Å². The summed E-state index contributed by atoms with van der Waals surface area (Å²) in [6, 6.07) is 24.7. The molecule has 1 aromatic heterocycles. The molecule has 0 bridgehead atoms. The highest BCUT2D eigenvalue weighted by Crippen LogP contribution is 2.32. The SMILES string of the molecule is O=C(CCN1CCn2cccc2[C@@H]1c1ccccc1)Nc1ccccc1. The summed E-state index contributed by atoms with van der Waals surface area (Å²) in [5, 5.41) is 2.98. The van der Waals surface area contributed by atoms with Gasteiger partial charge in [0.25, 0.3) is 0 Å². The van der Waals surface area contributed by atoms with Crippen molar-refractivity contribution < 1.29 is 4.79 Å². The second-order valence-electron chi connectivity index (χ2n) is 6.64. The largest absolute Gasteiger partial charge is 0.348 e. The number of carbonyl (C=O) groups is 1. The minimum atomic E-state index is 0.0592. The van der Waals surface area contributed by atoms with E-state index in [1.165, 1.54) is 11.3 Å². The van der Waals surface area contributed by atoms with Crippen molar-refractivity contribution in [1.82, 2.24) is 9.47 Å².